The topological polar surface area (TPSA) is 85.6 Å². The van der Waals surface area contributed by atoms with Crippen LogP contribution in [-0.4, -0.2) is 32.3 Å². The standard InChI is InChI=1S/C17H17NO5/c1-12(2)16(19)23-9-8-22-15-6-4-13(5-7-15)10-14(11-18)17(20)21-3/h4-7,10H,1,8-9H2,2-3H3/b14-10+. The molecule has 0 aliphatic rings. The SMILES string of the molecule is C=C(C)C(=O)OCCOc1ccc(/C=C(\C#N)C(=O)OC)cc1. The van der Waals surface area contributed by atoms with Gasteiger partial charge in [0.05, 0.1) is 7.11 Å². The van der Waals surface area contributed by atoms with Crippen LogP contribution in [0, 0.1) is 11.3 Å². The highest BCUT2D eigenvalue weighted by Crippen LogP contribution is 2.15. The maximum Gasteiger partial charge on any atom is 0.348 e. The molecular formula is C17H17NO5. The summed E-state index contributed by atoms with van der Waals surface area (Å²) < 4.78 is 14.8. The van der Waals surface area contributed by atoms with E-state index in [2.05, 4.69) is 11.3 Å². The number of rotatable bonds is 7. The van der Waals surface area contributed by atoms with Gasteiger partial charge in [-0.1, -0.05) is 18.7 Å². The summed E-state index contributed by atoms with van der Waals surface area (Å²) in [5.74, 6) is -0.571. The molecule has 23 heavy (non-hydrogen) atoms. The highest BCUT2D eigenvalue weighted by atomic mass is 16.6. The monoisotopic (exact) mass is 315 g/mol. The minimum Gasteiger partial charge on any atom is -0.490 e. The summed E-state index contributed by atoms with van der Waals surface area (Å²) in [5, 5.41) is 8.88. The van der Waals surface area contributed by atoms with Gasteiger partial charge in [0.1, 0.15) is 30.6 Å². The molecular weight excluding hydrogens is 298 g/mol. The van der Waals surface area contributed by atoms with E-state index in [0.29, 0.717) is 16.9 Å². The van der Waals surface area contributed by atoms with Crippen molar-refractivity contribution in [2.75, 3.05) is 20.3 Å². The second kappa shape index (κ2) is 9.05. The minimum absolute atomic E-state index is 0.0899. The Hall–Kier alpha value is -3.07. The maximum absolute atomic E-state index is 11.3. The van der Waals surface area contributed by atoms with Gasteiger partial charge in [-0.15, -0.1) is 0 Å². The fourth-order valence-electron chi connectivity index (χ4n) is 1.49. The third-order valence-corrected chi connectivity index (χ3v) is 2.65. The predicted octanol–water partition coefficient (Wildman–Crippen LogP) is 2.26. The molecule has 0 saturated carbocycles. The average Bonchev–Trinajstić information content (AvgIpc) is 2.56. The van der Waals surface area contributed by atoms with Crippen LogP contribution in [0.25, 0.3) is 6.08 Å². The van der Waals surface area contributed by atoms with Crippen LogP contribution >= 0.6 is 0 Å². The number of ether oxygens (including phenoxy) is 3. The third kappa shape index (κ3) is 6.06. The first-order valence-electron chi connectivity index (χ1n) is 6.73. The molecule has 6 heteroatoms. The lowest BCUT2D eigenvalue weighted by Gasteiger charge is -2.07. The number of hydrogen-bond acceptors (Lipinski definition) is 6. The van der Waals surface area contributed by atoms with Gasteiger partial charge >= 0.3 is 11.9 Å². The smallest absolute Gasteiger partial charge is 0.348 e. The zero-order valence-electron chi connectivity index (χ0n) is 13.0. The molecule has 1 aromatic carbocycles. The van der Waals surface area contributed by atoms with Gasteiger partial charge in [-0.25, -0.2) is 9.59 Å². The molecule has 0 fully saturated rings. The maximum atomic E-state index is 11.3. The number of hydrogen-bond donors (Lipinski definition) is 0. The highest BCUT2D eigenvalue weighted by molar-refractivity contribution is 5.97. The van der Waals surface area contributed by atoms with Crippen molar-refractivity contribution in [3.05, 3.63) is 47.6 Å². The minimum atomic E-state index is -0.688. The Bertz CT molecular complexity index is 653. The predicted molar refractivity (Wildman–Crippen MR) is 83.3 cm³/mol. The number of nitriles is 1. The average molecular weight is 315 g/mol. The lowest BCUT2D eigenvalue weighted by atomic mass is 10.1. The molecule has 0 saturated heterocycles. The molecule has 0 aliphatic heterocycles. The van der Waals surface area contributed by atoms with Gasteiger partial charge in [0.25, 0.3) is 0 Å². The summed E-state index contributed by atoms with van der Waals surface area (Å²) in [4.78, 5) is 22.5. The van der Waals surface area contributed by atoms with Gasteiger partial charge in [0.15, 0.2) is 0 Å². The zero-order chi connectivity index (χ0) is 17.2. The molecule has 0 bridgehead atoms. The summed E-state index contributed by atoms with van der Waals surface area (Å²) in [7, 11) is 1.21. The van der Waals surface area contributed by atoms with Gasteiger partial charge in [0, 0.05) is 5.57 Å². The Morgan fingerprint density at radius 1 is 1.22 bits per heavy atom. The zero-order valence-corrected chi connectivity index (χ0v) is 13.0. The van der Waals surface area contributed by atoms with Crippen molar-refractivity contribution in [2.45, 2.75) is 6.92 Å². The van der Waals surface area contributed by atoms with Gasteiger partial charge in [-0.3, -0.25) is 0 Å². The lowest BCUT2D eigenvalue weighted by molar-refractivity contribution is -0.139. The molecule has 0 heterocycles. The molecule has 0 atom stereocenters. The van der Waals surface area contributed by atoms with Crippen molar-refractivity contribution in [3.63, 3.8) is 0 Å². The Kier molecular flexibility index (Phi) is 7.08. The fourth-order valence-corrected chi connectivity index (χ4v) is 1.49. The van der Waals surface area contributed by atoms with Crippen LogP contribution in [0.1, 0.15) is 12.5 Å². The van der Waals surface area contributed by atoms with E-state index in [1.807, 2.05) is 0 Å². The van der Waals surface area contributed by atoms with E-state index in [-0.39, 0.29) is 18.8 Å². The summed E-state index contributed by atoms with van der Waals surface area (Å²) in [6.45, 7) is 5.37. The summed E-state index contributed by atoms with van der Waals surface area (Å²) in [5.41, 5.74) is 0.904. The lowest BCUT2D eigenvalue weighted by Crippen LogP contribution is -2.12. The first-order chi connectivity index (χ1) is 11.0. The first kappa shape index (κ1) is 18.0. The number of carbonyl (C=O) groups is 2. The van der Waals surface area contributed by atoms with E-state index >= 15 is 0 Å². The summed E-state index contributed by atoms with van der Waals surface area (Å²) >= 11 is 0. The molecule has 0 amide bonds. The van der Waals surface area contributed by atoms with Crippen LogP contribution in [0.2, 0.25) is 0 Å². The van der Waals surface area contributed by atoms with Crippen LogP contribution in [-0.2, 0) is 19.1 Å². The third-order valence-electron chi connectivity index (χ3n) is 2.65. The Balaban J connectivity index is 2.55. The van der Waals surface area contributed by atoms with E-state index in [1.165, 1.54) is 13.2 Å². The largest absolute Gasteiger partial charge is 0.490 e. The molecule has 1 aromatic rings. The van der Waals surface area contributed by atoms with E-state index in [9.17, 15) is 9.59 Å². The number of nitrogens with zero attached hydrogens (tertiary/aromatic N) is 1. The Labute approximate surface area is 134 Å². The molecule has 0 unspecified atom stereocenters. The van der Waals surface area contributed by atoms with E-state index in [1.54, 1.807) is 37.3 Å². The molecule has 1 rings (SSSR count). The van der Waals surface area contributed by atoms with Gasteiger partial charge in [0.2, 0.25) is 0 Å². The van der Waals surface area contributed by atoms with Crippen molar-refractivity contribution in [3.8, 4) is 11.8 Å². The highest BCUT2D eigenvalue weighted by Gasteiger charge is 2.08. The van der Waals surface area contributed by atoms with Crippen molar-refractivity contribution in [1.29, 1.82) is 5.26 Å². The first-order valence-corrected chi connectivity index (χ1v) is 6.73. The number of esters is 2. The van der Waals surface area contributed by atoms with Gasteiger partial charge in [-0.2, -0.15) is 5.26 Å². The van der Waals surface area contributed by atoms with Gasteiger partial charge in [-0.05, 0) is 30.7 Å². The van der Waals surface area contributed by atoms with Crippen molar-refractivity contribution in [2.24, 2.45) is 0 Å². The number of carbonyl (C=O) groups excluding carboxylic acids is 2. The van der Waals surface area contributed by atoms with Crippen LogP contribution in [0.15, 0.2) is 42.0 Å². The number of methoxy groups -OCH3 is 1. The van der Waals surface area contributed by atoms with Crippen molar-refractivity contribution < 1.29 is 23.8 Å². The second-order valence-electron chi connectivity index (χ2n) is 4.50. The normalized spacial score (nSPS) is 10.4. The Morgan fingerprint density at radius 2 is 1.87 bits per heavy atom. The van der Waals surface area contributed by atoms with E-state index in [0.717, 1.165) is 0 Å². The van der Waals surface area contributed by atoms with E-state index in [4.69, 9.17) is 14.7 Å². The summed E-state index contributed by atoms with van der Waals surface area (Å²) in [6, 6.07) is 8.52. The fraction of sp³-hybridized carbons (Fsp3) is 0.235. The van der Waals surface area contributed by atoms with Crippen molar-refractivity contribution in [1.82, 2.24) is 0 Å². The second-order valence-corrected chi connectivity index (χ2v) is 4.50. The summed E-state index contributed by atoms with van der Waals surface area (Å²) in [6.07, 6.45) is 1.42. The molecule has 0 aromatic heterocycles. The molecule has 0 aliphatic carbocycles. The number of benzene rings is 1. The van der Waals surface area contributed by atoms with Crippen LogP contribution in [0.5, 0.6) is 5.75 Å². The van der Waals surface area contributed by atoms with Crippen LogP contribution in [0.4, 0.5) is 0 Å². The molecule has 0 radical (unpaired) electrons. The van der Waals surface area contributed by atoms with Gasteiger partial charge < -0.3 is 14.2 Å². The Morgan fingerprint density at radius 3 is 2.39 bits per heavy atom. The van der Waals surface area contributed by atoms with Crippen LogP contribution in [0.3, 0.4) is 0 Å². The van der Waals surface area contributed by atoms with Crippen LogP contribution < -0.4 is 4.74 Å². The molecule has 0 N–H and O–H groups in total. The molecule has 120 valence electrons. The molecule has 0 spiro atoms. The quantitative estimate of drug-likeness (QED) is 0.332. The molecule has 6 nitrogen and oxygen atoms in total. The van der Waals surface area contributed by atoms with E-state index < -0.39 is 11.9 Å². The van der Waals surface area contributed by atoms with Crippen molar-refractivity contribution >= 4 is 18.0 Å².